The van der Waals surface area contributed by atoms with E-state index in [-0.39, 0.29) is 17.4 Å². The van der Waals surface area contributed by atoms with Gasteiger partial charge in [-0.05, 0) is 30.4 Å². The monoisotopic (exact) mass is 365 g/mol. The van der Waals surface area contributed by atoms with Gasteiger partial charge in [-0.15, -0.1) is 0 Å². The third-order valence-electron chi connectivity index (χ3n) is 3.43. The number of nitrogens with one attached hydrogen (secondary N) is 2. The van der Waals surface area contributed by atoms with Crippen LogP contribution >= 0.6 is 27.7 Å². The van der Waals surface area contributed by atoms with Crippen LogP contribution < -0.4 is 10.9 Å². The van der Waals surface area contributed by atoms with Crippen LogP contribution in [0.25, 0.3) is 0 Å². The Morgan fingerprint density at radius 1 is 1.29 bits per heavy atom. The van der Waals surface area contributed by atoms with Crippen molar-refractivity contribution in [2.24, 2.45) is 0 Å². The van der Waals surface area contributed by atoms with Crippen LogP contribution in [0.3, 0.4) is 0 Å². The predicted octanol–water partition coefficient (Wildman–Crippen LogP) is 2.53. The molecule has 1 aromatic heterocycles. The van der Waals surface area contributed by atoms with E-state index in [9.17, 15) is 9.59 Å². The number of H-pyrrole nitrogens is 1. The molecule has 2 heterocycles. The number of thioether (sulfide) groups is 1. The number of carbonyl (C=O) groups excluding carboxylic acids is 1. The molecular formula is C14H12BrN3O2S. The zero-order valence-electron chi connectivity index (χ0n) is 11.1. The second-order valence-corrected chi connectivity index (χ2v) is 6.41. The van der Waals surface area contributed by atoms with Crippen LogP contribution in [0.2, 0.25) is 0 Å². The largest absolute Gasteiger partial charge is 0.310 e. The average Bonchev–Trinajstić information content (AvgIpc) is 2.47. The minimum atomic E-state index is -0.367. The number of nitrogens with zero attached hydrogens (tertiary/aromatic N) is 1. The molecule has 0 saturated carbocycles. The van der Waals surface area contributed by atoms with Gasteiger partial charge in [-0.1, -0.05) is 39.8 Å². The van der Waals surface area contributed by atoms with Gasteiger partial charge in [-0.25, -0.2) is 4.98 Å². The molecule has 1 unspecified atom stereocenters. The number of rotatable bonds is 2. The summed E-state index contributed by atoms with van der Waals surface area (Å²) in [5.41, 5.74) is 1.22. The number of aromatic amines is 1. The maximum Gasteiger partial charge on any atom is 0.256 e. The highest BCUT2D eigenvalue weighted by Crippen LogP contribution is 2.29. The van der Waals surface area contributed by atoms with Crippen molar-refractivity contribution in [3.8, 4) is 0 Å². The minimum Gasteiger partial charge on any atom is -0.310 e. The van der Waals surface area contributed by atoms with E-state index in [4.69, 9.17) is 0 Å². The topological polar surface area (TPSA) is 74.8 Å². The lowest BCUT2D eigenvalue weighted by molar-refractivity contribution is -0.117. The van der Waals surface area contributed by atoms with Gasteiger partial charge < -0.3 is 10.3 Å². The lowest BCUT2D eigenvalue weighted by Crippen LogP contribution is -2.33. The summed E-state index contributed by atoms with van der Waals surface area (Å²) in [5, 5.41) is 3.24. The van der Waals surface area contributed by atoms with Gasteiger partial charge in [0.2, 0.25) is 5.91 Å². The Morgan fingerprint density at radius 3 is 2.67 bits per heavy atom. The predicted molar refractivity (Wildman–Crippen MR) is 85.9 cm³/mol. The number of carbonyl (C=O) groups is 1. The Kier molecular flexibility index (Phi) is 3.86. The summed E-state index contributed by atoms with van der Waals surface area (Å²) < 4.78 is 0.951. The smallest absolute Gasteiger partial charge is 0.256 e. The van der Waals surface area contributed by atoms with Crippen molar-refractivity contribution in [2.75, 3.05) is 11.6 Å². The van der Waals surface area contributed by atoms with Crippen molar-refractivity contribution >= 4 is 39.4 Å². The molecule has 0 radical (unpaired) electrons. The standard InChI is InChI=1S/C14H12BrN3O2S/c1-21-14-17-11-10(13(20)18-14)6-9(12(19)16-11)7-2-4-8(15)5-3-7/h2-5,9H,6H2,1H3,(H2,16,17,18,19,20). The van der Waals surface area contributed by atoms with Gasteiger partial charge in [-0.3, -0.25) is 9.59 Å². The van der Waals surface area contributed by atoms with Crippen LogP contribution in [-0.4, -0.2) is 22.1 Å². The van der Waals surface area contributed by atoms with Crippen molar-refractivity contribution in [3.63, 3.8) is 0 Å². The second-order valence-electron chi connectivity index (χ2n) is 4.70. The summed E-state index contributed by atoms with van der Waals surface area (Å²) in [6, 6.07) is 7.54. The fraction of sp³-hybridized carbons (Fsp3) is 0.214. The number of anilines is 1. The van der Waals surface area contributed by atoms with Gasteiger partial charge in [0.15, 0.2) is 5.16 Å². The fourth-order valence-electron chi connectivity index (χ4n) is 2.33. The first-order chi connectivity index (χ1) is 10.1. The van der Waals surface area contributed by atoms with Gasteiger partial charge in [0.25, 0.3) is 5.56 Å². The summed E-state index contributed by atoms with van der Waals surface area (Å²) in [4.78, 5) is 31.4. The molecule has 108 valence electrons. The average molecular weight is 366 g/mol. The van der Waals surface area contributed by atoms with Gasteiger partial charge in [-0.2, -0.15) is 0 Å². The lowest BCUT2D eigenvalue weighted by Gasteiger charge is -2.23. The Morgan fingerprint density at radius 2 is 2.00 bits per heavy atom. The molecule has 1 aliphatic heterocycles. The molecule has 1 aliphatic rings. The second kappa shape index (κ2) is 5.65. The van der Waals surface area contributed by atoms with Gasteiger partial charge in [0.1, 0.15) is 5.82 Å². The van der Waals surface area contributed by atoms with Crippen molar-refractivity contribution in [3.05, 3.63) is 50.2 Å². The lowest BCUT2D eigenvalue weighted by atomic mass is 9.89. The first-order valence-electron chi connectivity index (χ1n) is 6.32. The highest BCUT2D eigenvalue weighted by molar-refractivity contribution is 9.10. The number of amides is 1. The third-order valence-corrected chi connectivity index (χ3v) is 4.53. The highest BCUT2D eigenvalue weighted by atomic mass is 79.9. The summed E-state index contributed by atoms with van der Waals surface area (Å²) in [6.07, 6.45) is 2.18. The molecule has 2 N–H and O–H groups in total. The quantitative estimate of drug-likeness (QED) is 0.633. The Bertz CT molecular complexity index is 758. The van der Waals surface area contributed by atoms with E-state index in [1.165, 1.54) is 11.8 Å². The first-order valence-corrected chi connectivity index (χ1v) is 8.34. The Labute approximate surface area is 133 Å². The summed E-state index contributed by atoms with van der Waals surface area (Å²) >= 11 is 4.70. The van der Waals surface area contributed by atoms with Crippen molar-refractivity contribution in [2.45, 2.75) is 17.5 Å². The van der Waals surface area contributed by atoms with Crippen LogP contribution in [0.4, 0.5) is 5.82 Å². The number of benzene rings is 1. The zero-order chi connectivity index (χ0) is 15.0. The molecule has 1 aromatic carbocycles. The molecule has 0 fully saturated rings. The molecule has 0 aliphatic carbocycles. The van der Waals surface area contributed by atoms with E-state index in [2.05, 4.69) is 31.2 Å². The zero-order valence-corrected chi connectivity index (χ0v) is 13.5. The third kappa shape index (κ3) is 2.75. The molecule has 7 heteroatoms. The number of hydrogen-bond acceptors (Lipinski definition) is 4. The molecular weight excluding hydrogens is 354 g/mol. The van der Waals surface area contributed by atoms with Crippen LogP contribution in [0.15, 0.2) is 38.7 Å². The van der Waals surface area contributed by atoms with Gasteiger partial charge in [0, 0.05) is 4.47 Å². The molecule has 1 amide bonds. The van der Waals surface area contributed by atoms with Crippen LogP contribution in [0.1, 0.15) is 17.0 Å². The molecule has 0 saturated heterocycles. The molecule has 5 nitrogen and oxygen atoms in total. The van der Waals surface area contributed by atoms with E-state index >= 15 is 0 Å². The molecule has 1 atom stereocenters. The first kappa shape index (κ1) is 14.3. The molecule has 0 bridgehead atoms. The summed E-state index contributed by atoms with van der Waals surface area (Å²) in [6.45, 7) is 0. The van der Waals surface area contributed by atoms with Crippen molar-refractivity contribution < 1.29 is 4.79 Å². The van der Waals surface area contributed by atoms with E-state index in [0.717, 1.165) is 10.0 Å². The number of hydrogen-bond donors (Lipinski definition) is 2. The Balaban J connectivity index is 2.01. The molecule has 2 aromatic rings. The minimum absolute atomic E-state index is 0.130. The van der Waals surface area contributed by atoms with E-state index in [1.807, 2.05) is 30.5 Å². The fourth-order valence-corrected chi connectivity index (χ4v) is 2.97. The number of halogens is 1. The maximum atomic E-state index is 12.3. The molecule has 3 rings (SSSR count). The van der Waals surface area contributed by atoms with Crippen molar-refractivity contribution in [1.82, 2.24) is 9.97 Å². The van der Waals surface area contributed by atoms with E-state index < -0.39 is 0 Å². The Hall–Kier alpha value is -1.60. The van der Waals surface area contributed by atoms with Crippen LogP contribution in [-0.2, 0) is 11.2 Å². The van der Waals surface area contributed by atoms with Gasteiger partial charge in [0.05, 0.1) is 11.5 Å². The molecule has 21 heavy (non-hydrogen) atoms. The molecule has 0 spiro atoms. The van der Waals surface area contributed by atoms with Gasteiger partial charge >= 0.3 is 0 Å². The van der Waals surface area contributed by atoms with Crippen molar-refractivity contribution in [1.29, 1.82) is 0 Å². The number of aromatic nitrogens is 2. The van der Waals surface area contributed by atoms with Crippen LogP contribution in [0.5, 0.6) is 0 Å². The van der Waals surface area contributed by atoms with Crippen LogP contribution in [0, 0.1) is 0 Å². The maximum absolute atomic E-state index is 12.3. The summed E-state index contributed by atoms with van der Waals surface area (Å²) in [7, 11) is 0. The SMILES string of the molecule is CSc1nc2c(c(=O)[nH]1)CC(c1ccc(Br)cc1)C(=O)N2. The highest BCUT2D eigenvalue weighted by Gasteiger charge is 2.30. The van der Waals surface area contributed by atoms with E-state index in [1.54, 1.807) is 0 Å². The number of fused-ring (bicyclic) bond motifs is 1. The summed E-state index contributed by atoms with van der Waals surface area (Å²) in [5.74, 6) is -0.120. The van der Waals surface area contributed by atoms with E-state index in [0.29, 0.717) is 23.0 Å². The normalized spacial score (nSPS) is 17.2.